The van der Waals surface area contributed by atoms with Gasteiger partial charge in [-0.1, -0.05) is 97.5 Å². The zero-order valence-electron chi connectivity index (χ0n) is 25.5. The SMILES string of the molecule is CCCCCOc1cccc(C2C(=C(O)c3ccc(OC)cc3)C(=O)C(=O)N2c2nnc(SCc3cccc4ccccc34)s2)c1. The molecule has 8 nitrogen and oxygen atoms in total. The maximum Gasteiger partial charge on any atom is 0.301 e. The van der Waals surface area contributed by atoms with Gasteiger partial charge in [0, 0.05) is 11.3 Å². The number of methoxy groups -OCH3 is 1. The Kier molecular flexibility index (Phi) is 9.65. The van der Waals surface area contributed by atoms with Crippen molar-refractivity contribution in [3.63, 3.8) is 0 Å². The molecule has 1 N–H and O–H groups in total. The lowest BCUT2D eigenvalue weighted by atomic mass is 9.95. The Bertz CT molecular complexity index is 1900. The molecule has 1 amide bonds. The molecule has 1 aromatic heterocycles. The van der Waals surface area contributed by atoms with E-state index in [0.29, 0.717) is 39.3 Å². The molecule has 0 saturated carbocycles. The highest BCUT2D eigenvalue weighted by Gasteiger charge is 2.48. The summed E-state index contributed by atoms with van der Waals surface area (Å²) < 4.78 is 11.9. The van der Waals surface area contributed by atoms with Crippen molar-refractivity contribution < 1.29 is 24.2 Å². The van der Waals surface area contributed by atoms with Crippen molar-refractivity contribution in [2.45, 2.75) is 42.3 Å². The molecule has 2 heterocycles. The number of Topliss-reactive ketones (excluding diaryl/α,β-unsaturated/α-hetero) is 1. The number of carbonyl (C=O) groups is 2. The van der Waals surface area contributed by atoms with Crippen molar-refractivity contribution in [3.8, 4) is 11.5 Å². The molecule has 0 radical (unpaired) electrons. The second-order valence-corrected chi connectivity index (χ2v) is 13.0. The Balaban J connectivity index is 1.35. The number of fused-ring (bicyclic) bond motifs is 1. The van der Waals surface area contributed by atoms with E-state index in [-0.39, 0.29) is 16.5 Å². The number of anilines is 1. The van der Waals surface area contributed by atoms with Crippen LogP contribution in [-0.2, 0) is 15.3 Å². The zero-order valence-corrected chi connectivity index (χ0v) is 27.1. The first kappa shape index (κ1) is 31.3. The van der Waals surface area contributed by atoms with E-state index in [4.69, 9.17) is 9.47 Å². The highest BCUT2D eigenvalue weighted by molar-refractivity contribution is 8.00. The van der Waals surface area contributed by atoms with Gasteiger partial charge in [0.05, 0.1) is 25.3 Å². The third-order valence-electron chi connectivity index (χ3n) is 7.83. The van der Waals surface area contributed by atoms with Crippen molar-refractivity contribution >= 4 is 56.5 Å². The number of hydrogen-bond acceptors (Lipinski definition) is 9. The van der Waals surface area contributed by atoms with E-state index in [1.54, 1.807) is 31.4 Å². The molecular formula is C36H33N3O5S2. The van der Waals surface area contributed by atoms with E-state index in [2.05, 4.69) is 41.4 Å². The predicted octanol–water partition coefficient (Wildman–Crippen LogP) is 8.19. The summed E-state index contributed by atoms with van der Waals surface area (Å²) in [6.07, 6.45) is 3.05. The average molecular weight is 652 g/mol. The first-order chi connectivity index (χ1) is 22.5. The topological polar surface area (TPSA) is 102 Å². The van der Waals surface area contributed by atoms with E-state index >= 15 is 0 Å². The highest BCUT2D eigenvalue weighted by atomic mass is 32.2. The van der Waals surface area contributed by atoms with Crippen LogP contribution in [0.5, 0.6) is 11.5 Å². The van der Waals surface area contributed by atoms with E-state index < -0.39 is 17.7 Å². The molecule has 5 aromatic rings. The summed E-state index contributed by atoms with van der Waals surface area (Å²) >= 11 is 2.76. The molecule has 6 rings (SSSR count). The summed E-state index contributed by atoms with van der Waals surface area (Å²) in [6, 6.07) is 27.5. The maximum atomic E-state index is 13.7. The number of ether oxygens (including phenoxy) is 2. The minimum atomic E-state index is -0.940. The quantitative estimate of drug-likeness (QED) is 0.0360. The molecule has 0 aliphatic carbocycles. The summed E-state index contributed by atoms with van der Waals surface area (Å²) in [5.74, 6) is 0.0189. The van der Waals surface area contributed by atoms with Crippen molar-refractivity contribution in [1.82, 2.24) is 10.2 Å². The van der Waals surface area contributed by atoms with E-state index in [9.17, 15) is 14.7 Å². The van der Waals surface area contributed by atoms with Gasteiger partial charge in [-0.05, 0) is 64.7 Å². The fourth-order valence-corrected chi connectivity index (χ4v) is 7.35. The Morgan fingerprint density at radius 3 is 2.52 bits per heavy atom. The molecule has 10 heteroatoms. The Hall–Kier alpha value is -4.67. The van der Waals surface area contributed by atoms with Crippen LogP contribution < -0.4 is 14.4 Å². The van der Waals surface area contributed by atoms with Gasteiger partial charge in [-0.15, -0.1) is 10.2 Å². The molecule has 1 saturated heterocycles. The summed E-state index contributed by atoms with van der Waals surface area (Å²) in [6.45, 7) is 2.69. The molecular weight excluding hydrogens is 619 g/mol. The van der Waals surface area contributed by atoms with Gasteiger partial charge < -0.3 is 14.6 Å². The summed E-state index contributed by atoms with van der Waals surface area (Å²) in [5, 5.41) is 22.9. The third kappa shape index (κ3) is 6.49. The van der Waals surface area contributed by atoms with E-state index in [1.807, 2.05) is 42.5 Å². The Morgan fingerprint density at radius 2 is 1.72 bits per heavy atom. The number of hydrogen-bond donors (Lipinski definition) is 1. The average Bonchev–Trinajstić information content (AvgIpc) is 3.67. The minimum Gasteiger partial charge on any atom is -0.507 e. The molecule has 1 fully saturated rings. The lowest BCUT2D eigenvalue weighted by molar-refractivity contribution is -0.132. The van der Waals surface area contributed by atoms with Crippen LogP contribution in [0.2, 0.25) is 0 Å². The minimum absolute atomic E-state index is 0.0292. The number of aliphatic hydroxyl groups excluding tert-OH is 1. The van der Waals surface area contributed by atoms with Crippen LogP contribution in [0.4, 0.5) is 5.13 Å². The molecule has 234 valence electrons. The molecule has 4 aromatic carbocycles. The molecule has 1 unspecified atom stereocenters. The summed E-state index contributed by atoms with van der Waals surface area (Å²) in [4.78, 5) is 28.7. The number of aliphatic hydroxyl groups is 1. The second-order valence-electron chi connectivity index (χ2n) is 10.8. The van der Waals surface area contributed by atoms with Gasteiger partial charge >= 0.3 is 5.91 Å². The summed E-state index contributed by atoms with van der Waals surface area (Å²) in [5.41, 5.74) is 2.13. The Morgan fingerprint density at radius 1 is 0.935 bits per heavy atom. The van der Waals surface area contributed by atoms with Crippen LogP contribution in [0.1, 0.15) is 48.9 Å². The standard InChI is InChI=1S/C36H33N3O5S2/c1-3-4-7-20-44-28-14-9-12-25(21-28)31-30(32(40)24-16-18-27(43-2)19-17-24)33(41)34(42)39(31)35-37-38-36(46-35)45-22-26-13-8-11-23-10-5-6-15-29(23)26/h5-6,8-19,21,31,40H,3-4,7,20,22H2,1-2H3. The number of rotatable bonds is 12. The third-order valence-corrected chi connectivity index (χ3v) is 9.94. The lowest BCUT2D eigenvalue weighted by Gasteiger charge is -2.23. The number of nitrogens with zero attached hydrogens (tertiary/aromatic N) is 3. The molecule has 1 aliphatic heterocycles. The number of ketones is 1. The van der Waals surface area contributed by atoms with E-state index in [1.165, 1.54) is 33.4 Å². The highest BCUT2D eigenvalue weighted by Crippen LogP contribution is 2.45. The molecule has 0 bridgehead atoms. The number of carbonyl (C=O) groups excluding carboxylic acids is 2. The van der Waals surface area contributed by atoms with Gasteiger partial charge in [-0.3, -0.25) is 14.5 Å². The van der Waals surface area contributed by atoms with Gasteiger partial charge in [0.25, 0.3) is 5.78 Å². The number of amides is 1. The summed E-state index contributed by atoms with van der Waals surface area (Å²) in [7, 11) is 1.55. The smallest absolute Gasteiger partial charge is 0.301 e. The van der Waals surface area contributed by atoms with Crippen molar-refractivity contribution in [2.75, 3.05) is 18.6 Å². The van der Waals surface area contributed by atoms with Crippen LogP contribution >= 0.6 is 23.1 Å². The van der Waals surface area contributed by atoms with Crippen LogP contribution in [-0.4, -0.2) is 40.7 Å². The van der Waals surface area contributed by atoms with Crippen molar-refractivity contribution in [3.05, 3.63) is 113 Å². The monoisotopic (exact) mass is 651 g/mol. The lowest BCUT2D eigenvalue weighted by Crippen LogP contribution is -2.29. The second kappa shape index (κ2) is 14.2. The van der Waals surface area contributed by atoms with Gasteiger partial charge in [-0.2, -0.15) is 0 Å². The number of thioether (sulfide) groups is 1. The fraction of sp³-hybridized carbons (Fsp3) is 0.222. The molecule has 1 aliphatic rings. The normalized spacial score (nSPS) is 15.9. The van der Waals surface area contributed by atoms with Crippen LogP contribution in [0.3, 0.4) is 0 Å². The number of unbranched alkanes of at least 4 members (excludes halogenated alkanes) is 2. The van der Waals surface area contributed by atoms with Crippen molar-refractivity contribution in [2.24, 2.45) is 0 Å². The zero-order chi connectivity index (χ0) is 32.0. The molecule has 0 spiro atoms. The van der Waals surface area contributed by atoms with Gasteiger partial charge in [0.15, 0.2) is 4.34 Å². The number of aromatic nitrogens is 2. The first-order valence-corrected chi connectivity index (χ1v) is 16.9. The predicted molar refractivity (Wildman–Crippen MR) is 183 cm³/mol. The molecule has 46 heavy (non-hydrogen) atoms. The van der Waals surface area contributed by atoms with Gasteiger partial charge in [-0.25, -0.2) is 0 Å². The number of benzene rings is 4. The van der Waals surface area contributed by atoms with E-state index in [0.717, 1.165) is 30.2 Å². The van der Waals surface area contributed by atoms with Gasteiger partial charge in [0.2, 0.25) is 5.13 Å². The maximum absolute atomic E-state index is 13.7. The van der Waals surface area contributed by atoms with Crippen LogP contribution in [0.15, 0.2) is 101 Å². The molecule has 1 atom stereocenters. The van der Waals surface area contributed by atoms with Crippen molar-refractivity contribution in [1.29, 1.82) is 0 Å². The first-order valence-electron chi connectivity index (χ1n) is 15.1. The van der Waals surface area contributed by atoms with Crippen LogP contribution in [0, 0.1) is 0 Å². The van der Waals surface area contributed by atoms with Crippen LogP contribution in [0.25, 0.3) is 16.5 Å². The Labute approximate surface area is 275 Å². The largest absolute Gasteiger partial charge is 0.507 e. The van der Waals surface area contributed by atoms with Gasteiger partial charge in [0.1, 0.15) is 17.3 Å². The fourth-order valence-electron chi connectivity index (χ4n) is 5.48.